The van der Waals surface area contributed by atoms with Crippen molar-refractivity contribution in [3.05, 3.63) is 440 Å². The van der Waals surface area contributed by atoms with Crippen LogP contribution in [-0.4, -0.2) is 12.0 Å². The number of para-hydroxylation sites is 6. The molecule has 6 heterocycles. The predicted octanol–water partition coefficient (Wildman–Crippen LogP) is 17.6. The topological polar surface area (TPSA) is 73.7 Å². The van der Waals surface area contributed by atoms with Crippen LogP contribution in [0.15, 0.2) is 400 Å². The van der Waals surface area contributed by atoms with Crippen molar-refractivity contribution in [1.82, 2.24) is 0 Å². The van der Waals surface area contributed by atoms with Crippen LogP contribution in [-0.2, 0) is 39.3 Å². The van der Waals surface area contributed by atoms with Gasteiger partial charge in [0.05, 0.1) is 60.3 Å². The van der Waals surface area contributed by atoms with E-state index >= 15 is 0 Å². The number of methoxy groups -OCH3 is 1. The summed E-state index contributed by atoms with van der Waals surface area (Å²) < 4.78 is 12.1. The third kappa shape index (κ3) is 20.0. The Morgan fingerprint density at radius 3 is 1.11 bits per heavy atom. The van der Waals surface area contributed by atoms with E-state index in [1.807, 2.05) is 59.9 Å². The van der Waals surface area contributed by atoms with Crippen LogP contribution < -0.4 is 74.1 Å². The van der Waals surface area contributed by atoms with Crippen molar-refractivity contribution in [3.8, 4) is 5.75 Å². The van der Waals surface area contributed by atoms with Gasteiger partial charge in [0.15, 0.2) is 31.7 Å². The summed E-state index contributed by atoms with van der Waals surface area (Å²) in [7, 11) is 1.70. The molecule has 113 heavy (non-hydrogen) atoms. The van der Waals surface area contributed by atoms with Gasteiger partial charge in [-0.1, -0.05) is 267 Å². The number of ether oxygens (including phenoxy) is 1. The smallest absolute Gasteiger partial charge is 0.269 e. The van der Waals surface area contributed by atoms with Crippen LogP contribution in [0.5, 0.6) is 5.75 Å². The van der Waals surface area contributed by atoms with Crippen molar-refractivity contribution in [3.63, 3.8) is 0 Å². The number of hydrogen-bond acceptors (Lipinski definition) is 9. The highest BCUT2D eigenvalue weighted by atomic mass is 127. The van der Waals surface area contributed by atoms with Gasteiger partial charge in [0.25, 0.3) is 5.69 Å². The monoisotopic (exact) mass is 1710 g/mol. The molecule has 10 nitrogen and oxygen atoms in total. The number of pyridine rings is 3. The minimum Gasteiger partial charge on any atom is -1.00 e. The van der Waals surface area contributed by atoms with E-state index in [1.165, 1.54) is 102 Å². The molecular weight excluding hydrogens is 1630 g/mol. The van der Waals surface area contributed by atoms with Crippen molar-refractivity contribution in [2.24, 2.45) is 0 Å². The average molecular weight is 1710 g/mol. The highest BCUT2D eigenvalue weighted by Crippen LogP contribution is 2.49. The molecule has 562 valence electrons. The molecule has 0 amide bonds. The van der Waals surface area contributed by atoms with Gasteiger partial charge in [-0.3, -0.25) is 10.1 Å². The molecule has 0 atom stereocenters. The molecule has 3 aliphatic heterocycles. The minimum atomic E-state index is -0.370. The lowest BCUT2D eigenvalue weighted by Gasteiger charge is -2.20. The van der Waals surface area contributed by atoms with Crippen LogP contribution in [0.2, 0.25) is 0 Å². The van der Waals surface area contributed by atoms with Crippen molar-refractivity contribution in [1.29, 1.82) is 0 Å². The number of non-ortho nitro benzene ring substituents is 1. The number of aromatic nitrogens is 3. The number of halogens is 2. The first-order valence-electron chi connectivity index (χ1n) is 36.9. The van der Waals surface area contributed by atoms with Gasteiger partial charge in [-0.25, -0.2) is 0 Å². The zero-order chi connectivity index (χ0) is 74.8. The van der Waals surface area contributed by atoms with Crippen molar-refractivity contribution in [2.45, 2.75) is 68.3 Å². The first-order valence-corrected chi connectivity index (χ1v) is 39.4. The summed E-state index contributed by atoms with van der Waals surface area (Å²) in [6, 6.07) is 105. The fraction of sp³-hybridized carbons (Fsp3) is 0.0918. The number of fused-ring (bicyclic) bond motifs is 6. The number of allylic oxidation sites excluding steroid dienone is 8. The first-order chi connectivity index (χ1) is 54.3. The lowest BCUT2D eigenvalue weighted by Crippen LogP contribution is -3.00. The van der Waals surface area contributed by atoms with E-state index in [0.717, 1.165) is 60.5 Å². The molecule has 0 N–H and O–H groups in total. The van der Waals surface area contributed by atoms with Gasteiger partial charge in [0.1, 0.15) is 12.3 Å². The van der Waals surface area contributed by atoms with Gasteiger partial charge >= 0.3 is 0 Å². The maximum atomic E-state index is 11.0. The fourth-order valence-corrected chi connectivity index (χ4v) is 17.1. The Kier molecular flexibility index (Phi) is 28.5. The zero-order valence-corrected chi connectivity index (χ0v) is 68.2. The summed E-state index contributed by atoms with van der Waals surface area (Å²) in [5.74, 6) is 0.883. The van der Waals surface area contributed by atoms with E-state index in [0.29, 0.717) is 6.54 Å². The molecule has 0 spiro atoms. The molecule has 0 saturated carbocycles. The van der Waals surface area contributed by atoms with E-state index in [-0.39, 0.29) is 59.0 Å². The van der Waals surface area contributed by atoms with Gasteiger partial charge in [-0.15, -0.1) is 0 Å². The largest absolute Gasteiger partial charge is 1.00 e. The Hall–Kier alpha value is -11.3. The highest BCUT2D eigenvalue weighted by Gasteiger charge is 2.28. The SMILES string of the molecule is C.C(=Cc1cc[n+](Cc2ccccc2)c2ccccc12)C=C1Sc2ccccc2N1Cc1ccccc1.CC[n+]1ccc(C=CC=C2Sc3ccccc3N2Cc2ccc(OC)cc2)c2ccccc21.O=[N+]([O-])c1ccc(C[n+]2ccc(C=CC=CC=C3Sc4ccccc4N3Cc3ccccc3)c3ccccc32)cc1.[Br-].[I-]. The average Bonchev–Trinajstić information content (AvgIpc) is 1.52. The fourth-order valence-electron chi connectivity index (χ4n) is 13.9. The highest BCUT2D eigenvalue weighted by molar-refractivity contribution is 8.04. The number of nitro groups is 1. The van der Waals surface area contributed by atoms with Gasteiger partial charge < -0.3 is 60.4 Å². The molecule has 3 aromatic heterocycles. The molecule has 17 rings (SSSR count). The maximum Gasteiger partial charge on any atom is 0.269 e. The van der Waals surface area contributed by atoms with Gasteiger partial charge in [-0.2, -0.15) is 13.7 Å². The molecule has 0 bridgehead atoms. The lowest BCUT2D eigenvalue weighted by atomic mass is 10.1. The third-order valence-electron chi connectivity index (χ3n) is 19.5. The van der Waals surface area contributed by atoms with E-state index in [2.05, 4.69) is 376 Å². The summed E-state index contributed by atoms with van der Waals surface area (Å²) in [6.07, 6.45) is 30.3. The number of benzene rings is 11. The molecule has 0 saturated heterocycles. The number of aryl methyl sites for hydroxylation is 1. The molecule has 3 aliphatic rings. The summed E-state index contributed by atoms with van der Waals surface area (Å²) in [5.41, 5.74) is 17.2. The van der Waals surface area contributed by atoms with E-state index in [1.54, 1.807) is 31.0 Å². The van der Waals surface area contributed by atoms with Crippen LogP contribution in [0, 0.1) is 10.1 Å². The molecule has 0 unspecified atom stereocenters. The van der Waals surface area contributed by atoms with Crippen LogP contribution in [0.4, 0.5) is 22.7 Å². The molecular formula is C98H86BrIN7O3S3+. The predicted molar refractivity (Wildman–Crippen MR) is 464 cm³/mol. The Balaban J connectivity index is 0.000000156. The summed E-state index contributed by atoms with van der Waals surface area (Å²) in [5, 5.41) is 18.3. The van der Waals surface area contributed by atoms with Crippen molar-refractivity contribution in [2.75, 3.05) is 21.8 Å². The molecule has 15 heteroatoms. The third-order valence-corrected chi connectivity index (χ3v) is 22.8. The minimum absolute atomic E-state index is 0. The lowest BCUT2D eigenvalue weighted by molar-refractivity contribution is -0.667. The molecule has 14 aromatic rings. The van der Waals surface area contributed by atoms with E-state index < -0.39 is 0 Å². The number of anilines is 3. The molecule has 0 fully saturated rings. The number of rotatable bonds is 20. The van der Waals surface area contributed by atoms with Gasteiger partial charge in [0, 0.05) is 94.0 Å². The normalized spacial score (nSPS) is 13.8. The standard InChI is InChI=1S/C35H28N3O2S.C33H27N2S.C29H27N2OS.CH4.BrH.HI/c39-38(40)30-21-19-28(20-22-30)25-36-24-23-29(31-14-7-8-15-32(31)36)13-5-2-6-18-35-37(26-27-11-3-1-4-12-27)33-16-9-10-17-34(33)41-35;1-3-12-26(13-4-1)24-34-23-22-28(29-17-7-8-18-30(29)34)16-11-21-33-35(25-27-14-5-2-6-15-27)31-19-9-10-20-32(31)36-33;1-3-30-20-19-23(25-10-4-5-11-26(25)30)9-8-14-29-31(27-12-6-7-13-28(27)33-29)21-22-15-17-24(32-2)18-16-22;;;/h1-24H,25-26H2;1-23H,24-25H2;4-20H,3,21H2,1-2H3;1H4;2*1H/q3*+1;;;/p-2. The number of nitro benzene ring substituents is 1. The number of hydrogen-bond donors (Lipinski definition) is 0. The van der Waals surface area contributed by atoms with Crippen LogP contribution in [0.25, 0.3) is 50.9 Å². The summed E-state index contributed by atoms with van der Waals surface area (Å²) in [6.45, 7) is 7.14. The molecule has 11 aromatic carbocycles. The van der Waals surface area contributed by atoms with E-state index in [9.17, 15) is 10.1 Å². The van der Waals surface area contributed by atoms with Crippen LogP contribution >= 0.6 is 35.3 Å². The number of nitrogens with zero attached hydrogens (tertiary/aromatic N) is 7. The summed E-state index contributed by atoms with van der Waals surface area (Å²) in [4.78, 5) is 21.7. The second kappa shape index (κ2) is 39.7. The van der Waals surface area contributed by atoms with Gasteiger partial charge in [0.2, 0.25) is 16.6 Å². The van der Waals surface area contributed by atoms with Crippen molar-refractivity contribution >= 4 is 109 Å². The Morgan fingerprint density at radius 1 is 0.372 bits per heavy atom. The van der Waals surface area contributed by atoms with Crippen LogP contribution in [0.3, 0.4) is 0 Å². The second-order valence-corrected chi connectivity index (χ2v) is 29.8. The second-order valence-electron chi connectivity index (χ2n) is 26.6. The Bertz CT molecular complexity index is 5840. The maximum absolute atomic E-state index is 11.0. The molecule has 0 aliphatic carbocycles. The Labute approximate surface area is 703 Å². The van der Waals surface area contributed by atoms with Crippen molar-refractivity contribution < 1.29 is 64.3 Å². The van der Waals surface area contributed by atoms with E-state index in [4.69, 9.17) is 4.74 Å². The summed E-state index contributed by atoms with van der Waals surface area (Å²) >= 11 is 5.46. The molecule has 0 radical (unpaired) electrons. The van der Waals surface area contributed by atoms with Crippen LogP contribution in [0.1, 0.15) is 58.9 Å². The Morgan fingerprint density at radius 2 is 0.699 bits per heavy atom. The quantitative estimate of drug-likeness (QED) is 0.0244. The van der Waals surface area contributed by atoms with Gasteiger partial charge in [-0.05, 0) is 137 Å². The number of thioether (sulfide) groups is 3. The first kappa shape index (κ1) is 81.2. The zero-order valence-electron chi connectivity index (χ0n) is 62.0.